The summed E-state index contributed by atoms with van der Waals surface area (Å²) in [6, 6.07) is 0. The van der Waals surface area contributed by atoms with Gasteiger partial charge in [0.25, 0.3) is 0 Å². The van der Waals surface area contributed by atoms with Crippen molar-refractivity contribution in [3.8, 4) is 0 Å². The van der Waals surface area contributed by atoms with E-state index < -0.39 is 0 Å². The molecule has 2 fully saturated rings. The Balaban J connectivity index is 1.12. The summed E-state index contributed by atoms with van der Waals surface area (Å²) in [5.74, 6) is 2.30. The minimum absolute atomic E-state index is 0.0219. The Kier molecular flexibility index (Phi) is 18.3. The normalized spacial score (nSPS) is 30.7. The quantitative estimate of drug-likeness (QED) is 0.0528. The molecule has 0 amide bonds. The van der Waals surface area contributed by atoms with Crippen LogP contribution >= 0.6 is 0 Å². The van der Waals surface area contributed by atoms with Gasteiger partial charge in [-0.15, -0.1) is 0 Å². The molecule has 0 N–H and O–H groups in total. The van der Waals surface area contributed by atoms with Crippen molar-refractivity contribution in [2.75, 3.05) is 0 Å². The number of hydrogen-bond acceptors (Lipinski definition) is 2. The summed E-state index contributed by atoms with van der Waals surface area (Å²) < 4.78 is 6.41. The highest BCUT2D eigenvalue weighted by atomic mass is 16.5. The smallest absolute Gasteiger partial charge is 0.306 e. The first-order chi connectivity index (χ1) is 25.8. The van der Waals surface area contributed by atoms with Crippen LogP contribution in [0.1, 0.15) is 255 Å². The molecule has 0 aromatic carbocycles. The van der Waals surface area contributed by atoms with Gasteiger partial charge in [0.05, 0.1) is 0 Å². The number of ether oxygens (including phenoxy) is 1. The predicted molar refractivity (Wildman–Crippen MR) is 235 cm³/mol. The second-order valence-corrected chi connectivity index (χ2v) is 21.1. The van der Waals surface area contributed by atoms with E-state index >= 15 is 0 Å². The third-order valence-electron chi connectivity index (χ3n) is 16.9. The van der Waals surface area contributed by atoms with Gasteiger partial charge in [-0.2, -0.15) is 0 Å². The second-order valence-electron chi connectivity index (χ2n) is 21.1. The average molecular weight is 749 g/mol. The van der Waals surface area contributed by atoms with Gasteiger partial charge in [0.15, 0.2) is 0 Å². The fraction of sp³-hybridized carbons (Fsp3) is 0.904. The molecule has 0 spiro atoms. The van der Waals surface area contributed by atoms with Gasteiger partial charge in [0.2, 0.25) is 0 Å². The molecule has 54 heavy (non-hydrogen) atoms. The van der Waals surface area contributed by atoms with Gasteiger partial charge in [-0.25, -0.2) is 0 Å². The first-order valence-electron chi connectivity index (χ1n) is 24.4. The summed E-state index contributed by atoms with van der Waals surface area (Å²) in [4.78, 5) is 13.2. The van der Waals surface area contributed by atoms with Crippen LogP contribution in [-0.4, -0.2) is 12.1 Å². The number of unbranched alkanes of at least 4 members (excludes halogenated alkanes) is 18. The van der Waals surface area contributed by atoms with Crippen LogP contribution in [0.3, 0.4) is 0 Å². The van der Waals surface area contributed by atoms with Crippen LogP contribution in [-0.2, 0) is 9.53 Å². The molecule has 4 aliphatic rings. The number of fused-ring (bicyclic) bond motifs is 4. The Morgan fingerprint density at radius 2 is 1.22 bits per heavy atom. The van der Waals surface area contributed by atoms with Crippen LogP contribution in [0.25, 0.3) is 0 Å². The van der Waals surface area contributed by atoms with E-state index in [-0.39, 0.29) is 22.9 Å². The summed E-state index contributed by atoms with van der Waals surface area (Å²) in [6.45, 7) is 22.3. The summed E-state index contributed by atoms with van der Waals surface area (Å²) in [6.07, 6.45) is 42.1. The molecule has 0 heterocycles. The van der Waals surface area contributed by atoms with Crippen LogP contribution in [0.2, 0.25) is 0 Å². The molecule has 2 unspecified atom stereocenters. The third kappa shape index (κ3) is 11.3. The van der Waals surface area contributed by atoms with Gasteiger partial charge in [-0.3, -0.25) is 4.79 Å². The molecule has 4 rings (SSSR count). The molecule has 2 heteroatoms. The highest BCUT2D eigenvalue weighted by Crippen LogP contribution is 2.72. The van der Waals surface area contributed by atoms with E-state index in [1.165, 1.54) is 179 Å². The Morgan fingerprint density at radius 1 is 0.685 bits per heavy atom. The zero-order valence-electron chi connectivity index (χ0n) is 37.9. The Morgan fingerprint density at radius 3 is 1.76 bits per heavy atom. The number of allylic oxidation sites excluding steroid dienone is 4. The van der Waals surface area contributed by atoms with Crippen molar-refractivity contribution in [1.29, 1.82) is 0 Å². The molecule has 0 radical (unpaired) electrons. The Hall–Kier alpha value is -1.05. The molecule has 2 nitrogen and oxygen atoms in total. The maximum absolute atomic E-state index is 13.2. The molecular formula is C52H92O2. The monoisotopic (exact) mass is 749 g/mol. The molecular weight excluding hydrogens is 657 g/mol. The zero-order chi connectivity index (χ0) is 39.2. The van der Waals surface area contributed by atoms with Crippen molar-refractivity contribution in [1.82, 2.24) is 0 Å². The van der Waals surface area contributed by atoms with Crippen molar-refractivity contribution in [2.45, 2.75) is 261 Å². The largest absolute Gasteiger partial charge is 0.462 e. The fourth-order valence-corrected chi connectivity index (χ4v) is 13.2. The van der Waals surface area contributed by atoms with Gasteiger partial charge in [0, 0.05) is 11.8 Å². The van der Waals surface area contributed by atoms with Crippen LogP contribution in [0.15, 0.2) is 22.8 Å². The van der Waals surface area contributed by atoms with E-state index in [9.17, 15) is 4.79 Å². The van der Waals surface area contributed by atoms with Gasteiger partial charge in [-0.05, 0) is 118 Å². The highest BCUT2D eigenvalue weighted by molar-refractivity contribution is 5.69. The summed E-state index contributed by atoms with van der Waals surface area (Å²) in [7, 11) is 0. The van der Waals surface area contributed by atoms with Crippen molar-refractivity contribution < 1.29 is 9.53 Å². The van der Waals surface area contributed by atoms with Crippen molar-refractivity contribution in [3.63, 3.8) is 0 Å². The number of esters is 1. The van der Waals surface area contributed by atoms with E-state index in [1.54, 1.807) is 0 Å². The third-order valence-corrected chi connectivity index (χ3v) is 16.9. The van der Waals surface area contributed by atoms with E-state index in [0.717, 1.165) is 24.7 Å². The lowest BCUT2D eigenvalue weighted by Gasteiger charge is -2.62. The van der Waals surface area contributed by atoms with Gasteiger partial charge in [0.1, 0.15) is 6.10 Å². The Bertz CT molecular complexity index is 1190. The molecule has 312 valence electrons. The number of hydrogen-bond donors (Lipinski definition) is 0. The first kappa shape index (κ1) is 45.6. The lowest BCUT2D eigenvalue weighted by Crippen LogP contribution is -2.55. The fourth-order valence-electron chi connectivity index (χ4n) is 13.2. The van der Waals surface area contributed by atoms with Crippen LogP contribution < -0.4 is 0 Å². The topological polar surface area (TPSA) is 26.3 Å². The maximum atomic E-state index is 13.2. The summed E-state index contributed by atoms with van der Waals surface area (Å²) in [5, 5.41) is 0. The minimum atomic E-state index is 0.0219. The molecule has 0 bridgehead atoms. The van der Waals surface area contributed by atoms with Crippen molar-refractivity contribution in [3.05, 3.63) is 22.8 Å². The molecule has 0 aromatic rings. The van der Waals surface area contributed by atoms with Gasteiger partial charge >= 0.3 is 5.97 Å². The van der Waals surface area contributed by atoms with Crippen LogP contribution in [0.5, 0.6) is 0 Å². The SMILES string of the molecule is CCCCCCCCCCCCCCCCCCCCCC(=O)OC1CC[C@]2(C)C3=C(CCC2C1(C)C)[C@]1(C)CC[C@H]([C@H](C)CCC=C(C)C)[C@@]1(C)CC3. The van der Waals surface area contributed by atoms with Crippen LogP contribution in [0, 0.1) is 39.4 Å². The lowest BCUT2D eigenvalue weighted by molar-refractivity contribution is -0.170. The van der Waals surface area contributed by atoms with Crippen molar-refractivity contribution in [2.24, 2.45) is 39.4 Å². The molecule has 4 aliphatic carbocycles. The molecule has 0 aromatic heterocycles. The van der Waals surface area contributed by atoms with E-state index in [0.29, 0.717) is 23.2 Å². The summed E-state index contributed by atoms with van der Waals surface area (Å²) in [5.41, 5.74) is 6.24. The van der Waals surface area contributed by atoms with Gasteiger partial charge in [-0.1, -0.05) is 187 Å². The highest BCUT2D eigenvalue weighted by Gasteiger charge is 2.63. The zero-order valence-corrected chi connectivity index (χ0v) is 37.9. The lowest BCUT2D eigenvalue weighted by atomic mass is 9.43. The number of carbonyl (C=O) groups excluding carboxylic acids is 1. The molecule has 0 saturated heterocycles. The Labute approximate surface area is 337 Å². The predicted octanol–water partition coefficient (Wildman–Crippen LogP) is 16.9. The molecule has 7 atom stereocenters. The van der Waals surface area contributed by atoms with Crippen LogP contribution in [0.4, 0.5) is 0 Å². The van der Waals surface area contributed by atoms with Gasteiger partial charge < -0.3 is 4.74 Å². The van der Waals surface area contributed by atoms with E-state index in [2.05, 4.69) is 68.4 Å². The number of carbonyl (C=O) groups is 1. The van der Waals surface area contributed by atoms with E-state index in [4.69, 9.17) is 4.74 Å². The molecule has 2 saturated carbocycles. The standard InChI is InChI=1S/C52H92O2/c1-10-11-12-13-14-15-16-17-18-19-20-21-22-23-24-25-26-27-28-32-48(53)54-47-37-38-50(7)44-36-40-51(8)43(42(4)31-29-30-41(2)3)35-39-52(51,9)45(44)33-34-46(50)49(47,5)6/h30,42-43,46-47H,10-29,31-40H2,1-9H3/t42-,43-,46?,47?,50-,51-,52+/m1/s1. The van der Waals surface area contributed by atoms with Crippen molar-refractivity contribution >= 4 is 5.97 Å². The maximum Gasteiger partial charge on any atom is 0.306 e. The number of rotatable bonds is 25. The first-order valence-corrected chi connectivity index (χ1v) is 24.4. The minimum Gasteiger partial charge on any atom is -0.462 e. The second kappa shape index (κ2) is 21.6. The van der Waals surface area contributed by atoms with E-state index in [1.807, 2.05) is 11.1 Å². The molecule has 0 aliphatic heterocycles. The average Bonchev–Trinajstić information content (AvgIpc) is 3.41. The summed E-state index contributed by atoms with van der Waals surface area (Å²) >= 11 is 0.